The smallest absolute Gasteiger partial charge is 0.130 e. The van der Waals surface area contributed by atoms with E-state index in [0.29, 0.717) is 0 Å². The van der Waals surface area contributed by atoms with Crippen LogP contribution in [0.25, 0.3) is 0 Å². The molecular weight excluding hydrogens is 260 g/mol. The van der Waals surface area contributed by atoms with Crippen LogP contribution in [-0.2, 0) is 6.54 Å². The van der Waals surface area contributed by atoms with Crippen LogP contribution in [0.1, 0.15) is 55.5 Å². The first-order valence-electron chi connectivity index (χ1n) is 7.85. The fraction of sp³-hybridized carbons (Fsp3) is 0.529. The van der Waals surface area contributed by atoms with E-state index in [1.165, 1.54) is 5.56 Å². The van der Waals surface area contributed by atoms with Gasteiger partial charge in [-0.3, -0.25) is 4.98 Å². The van der Waals surface area contributed by atoms with Crippen LogP contribution >= 0.6 is 0 Å². The third kappa shape index (κ3) is 3.70. The number of nitrogens with zero attached hydrogens (tertiary/aromatic N) is 3. The van der Waals surface area contributed by atoms with Gasteiger partial charge in [-0.05, 0) is 44.9 Å². The maximum atomic E-state index is 4.61. The quantitative estimate of drug-likeness (QED) is 0.848. The monoisotopic (exact) mass is 286 g/mol. The van der Waals surface area contributed by atoms with Crippen LogP contribution in [0.15, 0.2) is 24.5 Å². The van der Waals surface area contributed by atoms with Gasteiger partial charge in [0.1, 0.15) is 5.82 Å². The van der Waals surface area contributed by atoms with E-state index >= 15 is 0 Å². The molecule has 4 nitrogen and oxygen atoms in total. The number of rotatable bonds is 7. The Morgan fingerprint density at radius 3 is 2.67 bits per heavy atom. The average Bonchev–Trinajstić information content (AvgIpc) is 2.90. The van der Waals surface area contributed by atoms with E-state index in [0.717, 1.165) is 43.1 Å². The minimum Gasteiger partial charge on any atom is -0.333 e. The van der Waals surface area contributed by atoms with Crippen molar-refractivity contribution in [2.45, 2.75) is 53.1 Å². The van der Waals surface area contributed by atoms with Gasteiger partial charge in [-0.1, -0.05) is 19.9 Å². The lowest BCUT2D eigenvalue weighted by atomic mass is 10.0. The predicted molar refractivity (Wildman–Crippen MR) is 86.4 cm³/mol. The van der Waals surface area contributed by atoms with Crippen LogP contribution in [-0.4, -0.2) is 21.1 Å². The van der Waals surface area contributed by atoms with Gasteiger partial charge < -0.3 is 9.88 Å². The Bertz CT molecular complexity index is 574. The van der Waals surface area contributed by atoms with Crippen molar-refractivity contribution >= 4 is 0 Å². The maximum absolute atomic E-state index is 4.61. The first-order chi connectivity index (χ1) is 10.2. The summed E-state index contributed by atoms with van der Waals surface area (Å²) in [7, 11) is 0. The predicted octanol–water partition coefficient (Wildman–Crippen LogP) is 3.39. The number of hydrogen-bond acceptors (Lipinski definition) is 3. The summed E-state index contributed by atoms with van der Waals surface area (Å²) in [6, 6.07) is 4.37. The Labute approximate surface area is 127 Å². The Hall–Kier alpha value is -1.68. The van der Waals surface area contributed by atoms with E-state index < -0.39 is 0 Å². The van der Waals surface area contributed by atoms with Gasteiger partial charge in [0.2, 0.25) is 0 Å². The van der Waals surface area contributed by atoms with E-state index in [2.05, 4.69) is 59.0 Å². The van der Waals surface area contributed by atoms with Crippen LogP contribution in [0.3, 0.4) is 0 Å². The molecule has 0 aliphatic rings. The number of pyridine rings is 1. The highest BCUT2D eigenvalue weighted by Gasteiger charge is 2.20. The van der Waals surface area contributed by atoms with E-state index in [1.807, 2.05) is 13.1 Å². The molecule has 2 heterocycles. The molecule has 1 N–H and O–H groups in total. The van der Waals surface area contributed by atoms with Crippen molar-refractivity contribution in [2.75, 3.05) is 6.54 Å². The minimum atomic E-state index is 0.111. The lowest BCUT2D eigenvalue weighted by Gasteiger charge is -2.21. The van der Waals surface area contributed by atoms with Gasteiger partial charge in [0, 0.05) is 30.3 Å². The molecule has 0 saturated carbocycles. The Balaban J connectivity index is 2.39. The molecule has 0 bridgehead atoms. The first kappa shape index (κ1) is 15.7. The Kier molecular flexibility index (Phi) is 5.51. The van der Waals surface area contributed by atoms with E-state index in [4.69, 9.17) is 0 Å². The van der Waals surface area contributed by atoms with E-state index in [1.54, 1.807) is 0 Å². The van der Waals surface area contributed by atoms with Crippen molar-refractivity contribution in [1.29, 1.82) is 0 Å². The minimum absolute atomic E-state index is 0.111. The van der Waals surface area contributed by atoms with Gasteiger partial charge >= 0.3 is 0 Å². The molecule has 114 valence electrons. The fourth-order valence-electron chi connectivity index (χ4n) is 2.64. The molecule has 0 amide bonds. The third-order valence-electron chi connectivity index (χ3n) is 3.65. The maximum Gasteiger partial charge on any atom is 0.130 e. The number of aromatic nitrogens is 3. The summed E-state index contributed by atoms with van der Waals surface area (Å²) in [5, 5.41) is 3.62. The zero-order valence-electron chi connectivity index (χ0n) is 13.6. The second-order valence-corrected chi connectivity index (χ2v) is 5.49. The zero-order valence-corrected chi connectivity index (χ0v) is 13.6. The summed E-state index contributed by atoms with van der Waals surface area (Å²) in [5.41, 5.74) is 3.36. The molecule has 2 aromatic rings. The summed E-state index contributed by atoms with van der Waals surface area (Å²) in [6.45, 7) is 10.5. The standard InChI is InChI=1S/C17H26N4/c1-5-9-18-16(15-8-7-13(3)20-14(15)4)17-19-10-12-21(17)11-6-2/h7-8,10,12,16,18H,5-6,9,11H2,1-4H3. The number of imidazole rings is 1. The molecule has 0 fully saturated rings. The van der Waals surface area contributed by atoms with Crippen LogP contribution in [0.4, 0.5) is 0 Å². The molecule has 1 atom stereocenters. The summed E-state index contributed by atoms with van der Waals surface area (Å²) in [4.78, 5) is 9.21. The molecule has 0 saturated heterocycles. The topological polar surface area (TPSA) is 42.7 Å². The molecule has 21 heavy (non-hydrogen) atoms. The summed E-state index contributed by atoms with van der Waals surface area (Å²) < 4.78 is 2.24. The summed E-state index contributed by atoms with van der Waals surface area (Å²) in [6.07, 6.45) is 6.16. The molecular formula is C17H26N4. The summed E-state index contributed by atoms with van der Waals surface area (Å²) >= 11 is 0. The Morgan fingerprint density at radius 2 is 2.00 bits per heavy atom. The lowest BCUT2D eigenvalue weighted by molar-refractivity contribution is 0.527. The van der Waals surface area contributed by atoms with Crippen molar-refractivity contribution in [3.8, 4) is 0 Å². The first-order valence-corrected chi connectivity index (χ1v) is 7.85. The molecule has 0 radical (unpaired) electrons. The second-order valence-electron chi connectivity index (χ2n) is 5.49. The molecule has 2 rings (SSSR count). The lowest BCUT2D eigenvalue weighted by Crippen LogP contribution is -2.27. The third-order valence-corrected chi connectivity index (χ3v) is 3.65. The van der Waals surface area contributed by atoms with Crippen molar-refractivity contribution in [3.63, 3.8) is 0 Å². The van der Waals surface area contributed by atoms with Crippen molar-refractivity contribution in [3.05, 3.63) is 47.3 Å². The van der Waals surface area contributed by atoms with Gasteiger partial charge in [-0.25, -0.2) is 4.98 Å². The highest BCUT2D eigenvalue weighted by molar-refractivity contribution is 5.30. The molecule has 0 aromatic carbocycles. The van der Waals surface area contributed by atoms with Gasteiger partial charge in [0.15, 0.2) is 0 Å². The molecule has 2 aromatic heterocycles. The number of hydrogen-bond donors (Lipinski definition) is 1. The van der Waals surface area contributed by atoms with E-state index in [9.17, 15) is 0 Å². The molecule has 0 spiro atoms. The largest absolute Gasteiger partial charge is 0.333 e. The highest BCUT2D eigenvalue weighted by Crippen LogP contribution is 2.23. The zero-order chi connectivity index (χ0) is 15.2. The van der Waals surface area contributed by atoms with Gasteiger partial charge in [0.05, 0.1) is 6.04 Å². The van der Waals surface area contributed by atoms with Crippen LogP contribution in [0, 0.1) is 13.8 Å². The fourth-order valence-corrected chi connectivity index (χ4v) is 2.64. The SMILES string of the molecule is CCCNC(c1ccc(C)nc1C)c1nccn1CCC. The normalized spacial score (nSPS) is 12.6. The van der Waals surface area contributed by atoms with Crippen molar-refractivity contribution in [2.24, 2.45) is 0 Å². The van der Waals surface area contributed by atoms with Gasteiger partial charge in [0.25, 0.3) is 0 Å². The van der Waals surface area contributed by atoms with Crippen LogP contribution in [0.5, 0.6) is 0 Å². The summed E-state index contributed by atoms with van der Waals surface area (Å²) in [5.74, 6) is 1.08. The average molecular weight is 286 g/mol. The van der Waals surface area contributed by atoms with Crippen molar-refractivity contribution in [1.82, 2.24) is 19.9 Å². The molecule has 4 heteroatoms. The highest BCUT2D eigenvalue weighted by atomic mass is 15.1. The van der Waals surface area contributed by atoms with E-state index in [-0.39, 0.29) is 6.04 Å². The Morgan fingerprint density at radius 1 is 1.19 bits per heavy atom. The van der Waals surface area contributed by atoms with Gasteiger partial charge in [-0.2, -0.15) is 0 Å². The van der Waals surface area contributed by atoms with Crippen LogP contribution < -0.4 is 5.32 Å². The van der Waals surface area contributed by atoms with Gasteiger partial charge in [-0.15, -0.1) is 0 Å². The van der Waals surface area contributed by atoms with Crippen molar-refractivity contribution < 1.29 is 0 Å². The van der Waals surface area contributed by atoms with Crippen LogP contribution in [0.2, 0.25) is 0 Å². The molecule has 0 aliphatic carbocycles. The molecule has 1 unspecified atom stereocenters. The molecule has 0 aliphatic heterocycles. The second kappa shape index (κ2) is 7.36. The number of aryl methyl sites for hydroxylation is 3. The number of nitrogens with one attached hydrogen (secondary N) is 1.